The summed E-state index contributed by atoms with van der Waals surface area (Å²) in [5.74, 6) is 0.845. The Hall–Kier alpha value is -3.46. The number of rotatable bonds is 11. The van der Waals surface area contributed by atoms with Crippen LogP contribution in [0.3, 0.4) is 0 Å². The zero-order valence-corrected chi connectivity index (χ0v) is 16.0. The maximum Gasteiger partial charge on any atom is 0.169 e. The first kappa shape index (κ1) is 20.8. The lowest BCUT2D eigenvalue weighted by Gasteiger charge is -2.12. The molecule has 0 fully saturated rings. The quantitative estimate of drug-likeness (QED) is 0.236. The van der Waals surface area contributed by atoms with E-state index in [9.17, 15) is 0 Å². The van der Waals surface area contributed by atoms with Crippen LogP contribution in [0.25, 0.3) is 11.3 Å². The average Bonchev–Trinajstić information content (AvgIpc) is 3.16. The molecule has 9 nitrogen and oxygen atoms in total. The van der Waals surface area contributed by atoms with E-state index in [-0.39, 0.29) is 6.61 Å². The molecule has 0 aliphatic carbocycles. The molecule has 0 saturated carbocycles. The Morgan fingerprint density at radius 1 is 1.46 bits per heavy atom. The standard InChI is InChI=1S/C19H26N8O/c1-4-9-27(21-3)15(2)7-5-6-8-22-19-18(20)23-13-17(25-19)16-12-24-26(14-16)10-11-28/h4-5,7,9,12-14,28H,2-3,6,8,10-11H2,1H3,(H2,20,23)(H,22,25)/b7-5-,9-4-. The number of nitrogens with two attached hydrogens (primary N) is 1. The van der Waals surface area contributed by atoms with Crippen molar-refractivity contribution in [1.29, 1.82) is 0 Å². The second kappa shape index (κ2) is 10.6. The summed E-state index contributed by atoms with van der Waals surface area (Å²) in [6.07, 6.45) is 13.3. The molecule has 0 bridgehead atoms. The number of anilines is 2. The minimum atomic E-state index is 0.0244. The molecule has 0 spiro atoms. The van der Waals surface area contributed by atoms with Crippen molar-refractivity contribution in [3.05, 3.63) is 55.3 Å². The van der Waals surface area contributed by atoms with Gasteiger partial charge in [-0.25, -0.2) is 15.0 Å². The van der Waals surface area contributed by atoms with Crippen LogP contribution in [-0.2, 0) is 6.54 Å². The lowest BCUT2D eigenvalue weighted by atomic mass is 10.2. The summed E-state index contributed by atoms with van der Waals surface area (Å²) in [6.45, 7) is 10.4. The molecule has 0 radical (unpaired) electrons. The zero-order chi connectivity index (χ0) is 20.4. The number of aliphatic hydroxyl groups excluding tert-OH is 1. The number of allylic oxidation sites excluding steroid dienone is 2. The van der Waals surface area contributed by atoms with Crippen molar-refractivity contribution < 1.29 is 5.11 Å². The van der Waals surface area contributed by atoms with Gasteiger partial charge >= 0.3 is 0 Å². The molecule has 2 aromatic heterocycles. The molecule has 148 valence electrons. The largest absolute Gasteiger partial charge is 0.394 e. The molecule has 2 aromatic rings. The lowest BCUT2D eigenvalue weighted by molar-refractivity contribution is 0.269. The number of nitrogen functional groups attached to an aromatic ring is 1. The van der Waals surface area contributed by atoms with Crippen LogP contribution < -0.4 is 11.1 Å². The summed E-state index contributed by atoms with van der Waals surface area (Å²) in [7, 11) is 0. The topological polar surface area (TPSA) is 117 Å². The molecular weight excluding hydrogens is 356 g/mol. The SMILES string of the molecule is C=NN(/C=C\C)C(=C)/C=C\CCNc1nc(-c2cnn(CCO)c2)cnc1N. The van der Waals surface area contributed by atoms with Gasteiger partial charge in [0.2, 0.25) is 0 Å². The van der Waals surface area contributed by atoms with Crippen molar-refractivity contribution in [2.45, 2.75) is 19.9 Å². The van der Waals surface area contributed by atoms with Gasteiger partial charge in [-0.05, 0) is 19.4 Å². The smallest absolute Gasteiger partial charge is 0.169 e. The third-order valence-corrected chi connectivity index (χ3v) is 3.71. The second-order valence-electron chi connectivity index (χ2n) is 5.78. The Morgan fingerprint density at radius 3 is 3.00 bits per heavy atom. The lowest BCUT2D eigenvalue weighted by Crippen LogP contribution is -2.08. The minimum Gasteiger partial charge on any atom is -0.394 e. The van der Waals surface area contributed by atoms with E-state index in [0.29, 0.717) is 36.1 Å². The summed E-state index contributed by atoms with van der Waals surface area (Å²) >= 11 is 0. The van der Waals surface area contributed by atoms with E-state index in [1.54, 1.807) is 34.5 Å². The Labute approximate surface area is 164 Å². The highest BCUT2D eigenvalue weighted by Crippen LogP contribution is 2.20. The predicted octanol–water partition coefficient (Wildman–Crippen LogP) is 2.24. The van der Waals surface area contributed by atoms with E-state index < -0.39 is 0 Å². The highest BCUT2D eigenvalue weighted by Gasteiger charge is 2.08. The summed E-state index contributed by atoms with van der Waals surface area (Å²) in [4.78, 5) is 8.71. The van der Waals surface area contributed by atoms with Gasteiger partial charge in [0.05, 0.1) is 36.9 Å². The number of nitrogens with zero attached hydrogens (tertiary/aromatic N) is 6. The van der Waals surface area contributed by atoms with E-state index in [1.165, 1.54) is 0 Å². The summed E-state index contributed by atoms with van der Waals surface area (Å²) in [5, 5.41) is 21.8. The first-order chi connectivity index (χ1) is 13.6. The number of aliphatic hydroxyl groups is 1. The number of hydrazone groups is 1. The van der Waals surface area contributed by atoms with Crippen LogP contribution in [0.15, 0.2) is 60.4 Å². The molecule has 4 N–H and O–H groups in total. The van der Waals surface area contributed by atoms with Crippen molar-refractivity contribution in [2.75, 3.05) is 24.2 Å². The van der Waals surface area contributed by atoms with Gasteiger partial charge in [0, 0.05) is 31.2 Å². The van der Waals surface area contributed by atoms with E-state index in [0.717, 1.165) is 12.0 Å². The summed E-state index contributed by atoms with van der Waals surface area (Å²) in [6, 6.07) is 0. The van der Waals surface area contributed by atoms with Gasteiger partial charge in [-0.2, -0.15) is 10.2 Å². The normalized spacial score (nSPS) is 11.2. The monoisotopic (exact) mass is 382 g/mol. The minimum absolute atomic E-state index is 0.0244. The van der Waals surface area contributed by atoms with E-state index in [4.69, 9.17) is 10.8 Å². The molecule has 28 heavy (non-hydrogen) atoms. The molecule has 0 aromatic carbocycles. The van der Waals surface area contributed by atoms with Gasteiger partial charge in [-0.15, -0.1) is 0 Å². The van der Waals surface area contributed by atoms with Crippen LogP contribution in [0, 0.1) is 0 Å². The number of aromatic nitrogens is 4. The summed E-state index contributed by atoms with van der Waals surface area (Å²) in [5.41, 5.74) is 8.10. The van der Waals surface area contributed by atoms with Crippen LogP contribution in [-0.4, -0.2) is 49.7 Å². The van der Waals surface area contributed by atoms with E-state index in [2.05, 4.69) is 38.8 Å². The molecule has 2 rings (SSSR count). The average molecular weight is 382 g/mol. The third-order valence-electron chi connectivity index (χ3n) is 3.71. The fourth-order valence-corrected chi connectivity index (χ4v) is 2.33. The zero-order valence-electron chi connectivity index (χ0n) is 16.0. The first-order valence-corrected chi connectivity index (χ1v) is 8.83. The second-order valence-corrected chi connectivity index (χ2v) is 5.78. The van der Waals surface area contributed by atoms with Crippen molar-refractivity contribution in [1.82, 2.24) is 24.8 Å². The van der Waals surface area contributed by atoms with Crippen LogP contribution >= 0.6 is 0 Å². The molecule has 2 heterocycles. The van der Waals surface area contributed by atoms with E-state index >= 15 is 0 Å². The molecule has 0 unspecified atom stereocenters. The van der Waals surface area contributed by atoms with Gasteiger partial charge < -0.3 is 16.2 Å². The fraction of sp³-hybridized carbons (Fsp3) is 0.263. The van der Waals surface area contributed by atoms with Crippen LogP contribution in [0.5, 0.6) is 0 Å². The molecule has 0 amide bonds. The third kappa shape index (κ3) is 5.78. The van der Waals surface area contributed by atoms with Crippen LogP contribution in [0.4, 0.5) is 11.6 Å². The van der Waals surface area contributed by atoms with Crippen LogP contribution in [0.2, 0.25) is 0 Å². The Balaban J connectivity index is 1.94. The number of nitrogens with one attached hydrogen (secondary N) is 1. The molecule has 0 saturated heterocycles. The summed E-state index contributed by atoms with van der Waals surface area (Å²) < 4.78 is 1.65. The Kier molecular flexibility index (Phi) is 7.92. The fourth-order valence-electron chi connectivity index (χ4n) is 2.33. The van der Waals surface area contributed by atoms with Gasteiger partial charge in [-0.3, -0.25) is 4.68 Å². The molecule has 0 aliphatic rings. The predicted molar refractivity (Wildman–Crippen MR) is 112 cm³/mol. The molecule has 0 atom stereocenters. The maximum absolute atomic E-state index is 8.99. The van der Waals surface area contributed by atoms with Gasteiger partial charge in [0.15, 0.2) is 11.6 Å². The van der Waals surface area contributed by atoms with Crippen molar-refractivity contribution in [3.63, 3.8) is 0 Å². The Bertz CT molecular complexity index is 855. The van der Waals surface area contributed by atoms with Crippen molar-refractivity contribution in [2.24, 2.45) is 5.10 Å². The van der Waals surface area contributed by atoms with Gasteiger partial charge in [0.1, 0.15) is 0 Å². The van der Waals surface area contributed by atoms with Crippen molar-refractivity contribution >= 4 is 18.4 Å². The Morgan fingerprint density at radius 2 is 2.29 bits per heavy atom. The molecule has 0 aliphatic heterocycles. The highest BCUT2D eigenvalue weighted by atomic mass is 16.3. The maximum atomic E-state index is 8.99. The number of hydrogen-bond donors (Lipinski definition) is 3. The van der Waals surface area contributed by atoms with Gasteiger partial charge in [0.25, 0.3) is 0 Å². The van der Waals surface area contributed by atoms with E-state index in [1.807, 2.05) is 25.2 Å². The van der Waals surface area contributed by atoms with Crippen molar-refractivity contribution in [3.8, 4) is 11.3 Å². The first-order valence-electron chi connectivity index (χ1n) is 8.83. The number of hydrogen-bond acceptors (Lipinski definition) is 8. The molecular formula is C19H26N8O. The molecule has 9 heteroatoms. The van der Waals surface area contributed by atoms with Crippen LogP contribution in [0.1, 0.15) is 13.3 Å². The highest BCUT2D eigenvalue weighted by molar-refractivity contribution is 5.64. The van der Waals surface area contributed by atoms with Gasteiger partial charge in [-0.1, -0.05) is 18.7 Å².